The van der Waals surface area contributed by atoms with Crippen LogP contribution in [0.25, 0.3) is 0 Å². The van der Waals surface area contributed by atoms with Crippen molar-refractivity contribution in [3.05, 3.63) is 101 Å². The lowest BCUT2D eigenvalue weighted by atomic mass is 9.82. The Morgan fingerprint density at radius 1 is 0.865 bits per heavy atom. The summed E-state index contributed by atoms with van der Waals surface area (Å²) in [5.74, 6) is -0.459. The highest BCUT2D eigenvalue weighted by Gasteiger charge is 2.50. The Morgan fingerprint density at radius 3 is 2.08 bits per heavy atom. The number of anilines is 1. The minimum absolute atomic E-state index is 0.0266. The number of likely N-dealkylation sites (tertiary alicyclic amines) is 1. The summed E-state index contributed by atoms with van der Waals surface area (Å²) in [5.41, 5.74) is 4.12. The molecule has 0 aliphatic carbocycles. The zero-order valence-electron chi connectivity index (χ0n) is 22.1. The van der Waals surface area contributed by atoms with Crippen molar-refractivity contribution in [2.24, 2.45) is 0 Å². The van der Waals surface area contributed by atoms with Crippen LogP contribution < -0.4 is 10.2 Å². The molecule has 6 nitrogen and oxygen atoms in total. The molecule has 1 N–H and O–H groups in total. The van der Waals surface area contributed by atoms with E-state index in [4.69, 9.17) is 0 Å². The quantitative estimate of drug-likeness (QED) is 0.524. The van der Waals surface area contributed by atoms with Crippen LogP contribution in [0.2, 0.25) is 0 Å². The van der Waals surface area contributed by atoms with Gasteiger partial charge in [-0.1, -0.05) is 65.7 Å². The lowest BCUT2D eigenvalue weighted by Crippen LogP contribution is -2.65. The van der Waals surface area contributed by atoms with Gasteiger partial charge in [0.15, 0.2) is 0 Å². The molecule has 0 aromatic heterocycles. The summed E-state index contributed by atoms with van der Waals surface area (Å²) in [5, 5.41) is 3.11. The fourth-order valence-corrected chi connectivity index (χ4v) is 5.10. The van der Waals surface area contributed by atoms with Gasteiger partial charge in [0.25, 0.3) is 5.91 Å². The second kappa shape index (κ2) is 11.0. The number of benzene rings is 3. The summed E-state index contributed by atoms with van der Waals surface area (Å²) in [6.07, 6.45) is 0.691. The summed E-state index contributed by atoms with van der Waals surface area (Å²) < 4.78 is 0. The summed E-state index contributed by atoms with van der Waals surface area (Å²) in [7, 11) is 0. The van der Waals surface area contributed by atoms with Crippen LogP contribution in [0.4, 0.5) is 5.69 Å². The highest BCUT2D eigenvalue weighted by atomic mass is 16.2. The Morgan fingerprint density at radius 2 is 1.49 bits per heavy atom. The van der Waals surface area contributed by atoms with Gasteiger partial charge in [-0.15, -0.1) is 0 Å². The number of rotatable bonds is 6. The van der Waals surface area contributed by atoms with Crippen molar-refractivity contribution in [3.63, 3.8) is 0 Å². The molecule has 3 aromatic rings. The van der Waals surface area contributed by atoms with Crippen LogP contribution in [0.1, 0.15) is 52.4 Å². The molecule has 6 heteroatoms. The topological polar surface area (TPSA) is 69.7 Å². The van der Waals surface area contributed by atoms with E-state index >= 15 is 0 Å². The van der Waals surface area contributed by atoms with E-state index in [0.29, 0.717) is 43.7 Å². The lowest BCUT2D eigenvalue weighted by molar-refractivity contribution is -0.135. The molecule has 0 unspecified atom stereocenters. The number of nitrogens with one attached hydrogen (secondary N) is 1. The Hall–Kier alpha value is -3.93. The summed E-state index contributed by atoms with van der Waals surface area (Å²) in [4.78, 5) is 44.0. The lowest BCUT2D eigenvalue weighted by Gasteiger charge is -2.47. The van der Waals surface area contributed by atoms with E-state index in [1.807, 2.05) is 93.6 Å². The van der Waals surface area contributed by atoms with Crippen molar-refractivity contribution in [2.45, 2.75) is 52.6 Å². The molecule has 1 heterocycles. The monoisotopic (exact) mass is 497 g/mol. The van der Waals surface area contributed by atoms with Crippen molar-refractivity contribution in [3.8, 4) is 0 Å². The summed E-state index contributed by atoms with van der Waals surface area (Å²) >= 11 is 0. The Balaban J connectivity index is 1.81. The maximum Gasteiger partial charge on any atom is 0.259 e. The van der Waals surface area contributed by atoms with Crippen LogP contribution >= 0.6 is 0 Å². The molecular weight excluding hydrogens is 462 g/mol. The van der Waals surface area contributed by atoms with E-state index in [2.05, 4.69) is 5.32 Å². The van der Waals surface area contributed by atoms with Gasteiger partial charge in [-0.25, -0.2) is 0 Å². The minimum atomic E-state index is -1.15. The first kappa shape index (κ1) is 26.1. The van der Waals surface area contributed by atoms with Gasteiger partial charge >= 0.3 is 0 Å². The third kappa shape index (κ3) is 5.58. The standard InChI is InChI=1S/C31H35N3O3/c1-22-10-13-27(14-11-22)29(36)34(28-15-12-23(2)20-24(28)3)31(16-18-33(19-17-31)25(4)35)30(37)32-21-26-8-6-5-7-9-26/h5-15,20H,16-19,21H2,1-4H3,(H,32,37). The van der Waals surface area contributed by atoms with Gasteiger partial charge < -0.3 is 10.2 Å². The van der Waals surface area contributed by atoms with Gasteiger partial charge in [0.05, 0.1) is 0 Å². The SMILES string of the molecule is CC(=O)N1CCC(C(=O)NCc2ccccc2)(N(C(=O)c2ccc(C)cc2)c2ccc(C)cc2C)CC1. The molecule has 3 aromatic carbocycles. The Kier molecular flexibility index (Phi) is 7.77. The molecule has 192 valence electrons. The van der Waals surface area contributed by atoms with Crippen LogP contribution in [0.15, 0.2) is 72.8 Å². The average Bonchev–Trinajstić information content (AvgIpc) is 2.89. The van der Waals surface area contributed by atoms with Crippen LogP contribution in [-0.2, 0) is 16.1 Å². The van der Waals surface area contributed by atoms with Crippen molar-refractivity contribution in [2.75, 3.05) is 18.0 Å². The molecule has 1 saturated heterocycles. The molecule has 3 amide bonds. The van der Waals surface area contributed by atoms with E-state index < -0.39 is 5.54 Å². The first-order valence-electron chi connectivity index (χ1n) is 12.8. The molecular formula is C31H35N3O3. The highest BCUT2D eigenvalue weighted by Crippen LogP contribution is 2.37. The zero-order valence-corrected chi connectivity index (χ0v) is 22.1. The molecule has 0 saturated carbocycles. The van der Waals surface area contributed by atoms with Gasteiger partial charge in [-0.05, 0) is 62.9 Å². The molecule has 37 heavy (non-hydrogen) atoms. The second-order valence-electron chi connectivity index (χ2n) is 10.0. The number of hydrogen-bond acceptors (Lipinski definition) is 3. The van der Waals surface area contributed by atoms with Crippen molar-refractivity contribution >= 4 is 23.4 Å². The first-order valence-corrected chi connectivity index (χ1v) is 12.8. The number of piperidine rings is 1. The fourth-order valence-electron chi connectivity index (χ4n) is 5.10. The molecule has 4 rings (SSSR count). The normalized spacial score (nSPS) is 14.6. The molecule has 1 aliphatic heterocycles. The van der Waals surface area contributed by atoms with Gasteiger partial charge in [-0.3, -0.25) is 19.3 Å². The van der Waals surface area contributed by atoms with Crippen molar-refractivity contribution < 1.29 is 14.4 Å². The number of carbonyl (C=O) groups excluding carboxylic acids is 3. The van der Waals surface area contributed by atoms with Crippen LogP contribution in [0.3, 0.4) is 0 Å². The maximum absolute atomic E-state index is 14.3. The van der Waals surface area contributed by atoms with E-state index in [0.717, 1.165) is 22.3 Å². The maximum atomic E-state index is 14.3. The van der Waals surface area contributed by atoms with Crippen molar-refractivity contribution in [1.82, 2.24) is 10.2 Å². The van der Waals surface area contributed by atoms with E-state index in [9.17, 15) is 14.4 Å². The average molecular weight is 498 g/mol. The van der Waals surface area contributed by atoms with E-state index in [1.165, 1.54) is 0 Å². The predicted molar refractivity (Wildman–Crippen MR) is 146 cm³/mol. The fraction of sp³-hybridized carbons (Fsp3) is 0.323. The predicted octanol–water partition coefficient (Wildman–Crippen LogP) is 4.96. The molecule has 0 spiro atoms. The van der Waals surface area contributed by atoms with E-state index in [-0.39, 0.29) is 17.7 Å². The molecule has 0 atom stereocenters. The smallest absolute Gasteiger partial charge is 0.259 e. The second-order valence-corrected chi connectivity index (χ2v) is 10.0. The molecule has 0 radical (unpaired) electrons. The summed E-state index contributed by atoms with van der Waals surface area (Å²) in [6, 6.07) is 23.1. The van der Waals surface area contributed by atoms with Gasteiger partial charge in [-0.2, -0.15) is 0 Å². The van der Waals surface area contributed by atoms with Crippen LogP contribution in [0, 0.1) is 20.8 Å². The Bertz CT molecular complexity index is 1280. The van der Waals surface area contributed by atoms with Gasteiger partial charge in [0.2, 0.25) is 11.8 Å². The number of aryl methyl sites for hydroxylation is 3. The first-order chi connectivity index (χ1) is 17.7. The largest absolute Gasteiger partial charge is 0.350 e. The van der Waals surface area contributed by atoms with Gasteiger partial charge in [0.1, 0.15) is 5.54 Å². The third-order valence-electron chi connectivity index (χ3n) is 7.28. The van der Waals surface area contributed by atoms with Crippen LogP contribution in [-0.4, -0.2) is 41.2 Å². The molecule has 0 bridgehead atoms. The highest BCUT2D eigenvalue weighted by molar-refractivity contribution is 6.12. The zero-order chi connectivity index (χ0) is 26.6. The summed E-state index contributed by atoms with van der Waals surface area (Å²) in [6.45, 7) is 8.66. The number of nitrogens with zero attached hydrogens (tertiary/aromatic N) is 2. The minimum Gasteiger partial charge on any atom is -0.350 e. The van der Waals surface area contributed by atoms with E-state index in [1.54, 1.807) is 16.7 Å². The van der Waals surface area contributed by atoms with Crippen LogP contribution in [0.5, 0.6) is 0 Å². The number of carbonyl (C=O) groups is 3. The number of amides is 3. The molecule has 1 fully saturated rings. The molecule has 1 aliphatic rings. The number of hydrogen-bond donors (Lipinski definition) is 1. The third-order valence-corrected chi connectivity index (χ3v) is 7.28. The van der Waals surface area contributed by atoms with Gasteiger partial charge in [0, 0.05) is 37.8 Å². The van der Waals surface area contributed by atoms with Crippen molar-refractivity contribution in [1.29, 1.82) is 0 Å². The Labute approximate surface area is 219 Å².